The number of rotatable bonds is 8. The highest BCUT2D eigenvalue weighted by Crippen LogP contribution is 2.30. The summed E-state index contributed by atoms with van der Waals surface area (Å²) in [5, 5.41) is 3.78. The van der Waals surface area contributed by atoms with Crippen LogP contribution in [-0.2, 0) is 0 Å². The predicted molar refractivity (Wildman–Crippen MR) is 74.8 cm³/mol. The Morgan fingerprint density at radius 2 is 1.38 bits per heavy atom. The number of hydrogen-bond donors (Lipinski definition) is 1. The Hall–Kier alpha value is -0.0400. The molecule has 1 heteroatoms. The van der Waals surface area contributed by atoms with E-state index >= 15 is 0 Å². The Morgan fingerprint density at radius 3 is 1.69 bits per heavy atom. The van der Waals surface area contributed by atoms with Crippen molar-refractivity contribution in [2.24, 2.45) is 11.3 Å². The molecule has 0 aliphatic heterocycles. The van der Waals surface area contributed by atoms with Crippen molar-refractivity contribution in [2.75, 3.05) is 6.54 Å². The smallest absolute Gasteiger partial charge is 0.0144 e. The van der Waals surface area contributed by atoms with Gasteiger partial charge in [0.2, 0.25) is 0 Å². The second kappa shape index (κ2) is 8.11. The molecule has 1 atom stereocenters. The van der Waals surface area contributed by atoms with Crippen LogP contribution in [0.2, 0.25) is 0 Å². The van der Waals surface area contributed by atoms with Gasteiger partial charge in [-0.1, -0.05) is 54.4 Å². The van der Waals surface area contributed by atoms with Gasteiger partial charge in [0.15, 0.2) is 0 Å². The van der Waals surface area contributed by atoms with Crippen molar-refractivity contribution in [1.82, 2.24) is 5.32 Å². The van der Waals surface area contributed by atoms with Gasteiger partial charge in [0.25, 0.3) is 0 Å². The molecule has 98 valence electrons. The fourth-order valence-electron chi connectivity index (χ4n) is 2.70. The molecule has 0 fully saturated rings. The van der Waals surface area contributed by atoms with Crippen LogP contribution in [0.15, 0.2) is 0 Å². The van der Waals surface area contributed by atoms with Gasteiger partial charge in [0.1, 0.15) is 0 Å². The van der Waals surface area contributed by atoms with Crippen LogP contribution in [-0.4, -0.2) is 12.6 Å². The van der Waals surface area contributed by atoms with E-state index in [-0.39, 0.29) is 0 Å². The highest BCUT2D eigenvalue weighted by Gasteiger charge is 2.30. The summed E-state index contributed by atoms with van der Waals surface area (Å²) in [5.41, 5.74) is 0.379. The first-order chi connectivity index (χ1) is 7.47. The largest absolute Gasteiger partial charge is 0.313 e. The van der Waals surface area contributed by atoms with Crippen LogP contribution in [0, 0.1) is 11.3 Å². The van der Waals surface area contributed by atoms with E-state index in [4.69, 9.17) is 0 Å². The Kier molecular flexibility index (Phi) is 8.09. The third kappa shape index (κ3) is 5.89. The van der Waals surface area contributed by atoms with Gasteiger partial charge in [-0.2, -0.15) is 0 Å². The van der Waals surface area contributed by atoms with Crippen molar-refractivity contribution in [3.05, 3.63) is 0 Å². The first kappa shape index (κ1) is 16.0. The zero-order valence-electron chi connectivity index (χ0n) is 12.4. The van der Waals surface area contributed by atoms with Gasteiger partial charge >= 0.3 is 0 Å². The quantitative estimate of drug-likeness (QED) is 0.638. The average molecular weight is 227 g/mol. The predicted octanol–water partition coefficient (Wildman–Crippen LogP) is 4.62. The van der Waals surface area contributed by atoms with Crippen LogP contribution < -0.4 is 5.32 Å². The monoisotopic (exact) mass is 227 g/mol. The lowest BCUT2D eigenvalue weighted by Crippen LogP contribution is -2.46. The molecular weight excluding hydrogens is 194 g/mol. The molecule has 1 nitrogen and oxygen atoms in total. The van der Waals surface area contributed by atoms with Crippen molar-refractivity contribution < 1.29 is 0 Å². The van der Waals surface area contributed by atoms with E-state index in [2.05, 4.69) is 46.9 Å². The molecule has 0 aliphatic rings. The summed E-state index contributed by atoms with van der Waals surface area (Å²) in [7, 11) is 0. The molecule has 0 radical (unpaired) electrons. The van der Waals surface area contributed by atoms with Crippen LogP contribution in [0.1, 0.15) is 73.6 Å². The van der Waals surface area contributed by atoms with Crippen molar-refractivity contribution >= 4 is 0 Å². The first-order valence-electron chi connectivity index (χ1n) is 7.20. The lowest BCUT2D eigenvalue weighted by Gasteiger charge is -2.38. The molecule has 0 saturated carbocycles. The Balaban J connectivity index is 4.53. The minimum atomic E-state index is 0.379. The molecular formula is C15H33N. The fourth-order valence-corrected chi connectivity index (χ4v) is 2.70. The minimum Gasteiger partial charge on any atom is -0.313 e. The summed E-state index contributed by atoms with van der Waals surface area (Å²) in [6, 6.07) is 0.673. The number of nitrogens with one attached hydrogen (secondary N) is 1. The molecule has 0 amide bonds. The molecule has 0 rings (SSSR count). The summed E-state index contributed by atoms with van der Waals surface area (Å²) in [6.45, 7) is 15.1. The van der Waals surface area contributed by atoms with Gasteiger partial charge in [0, 0.05) is 6.04 Å². The standard InChI is InChI=1S/C15H33N/c1-7-10-13(11-8-2)14(15(4,5)6)16-12-9-3/h13-14,16H,7-12H2,1-6H3. The molecule has 0 bridgehead atoms. The van der Waals surface area contributed by atoms with E-state index in [0.29, 0.717) is 11.5 Å². The van der Waals surface area contributed by atoms with E-state index < -0.39 is 0 Å². The highest BCUT2D eigenvalue weighted by atomic mass is 14.9. The zero-order chi connectivity index (χ0) is 12.6. The van der Waals surface area contributed by atoms with Crippen LogP contribution >= 0.6 is 0 Å². The van der Waals surface area contributed by atoms with E-state index in [0.717, 1.165) is 12.5 Å². The maximum absolute atomic E-state index is 3.78. The second-order valence-corrected chi connectivity index (χ2v) is 6.14. The molecule has 1 N–H and O–H groups in total. The molecule has 16 heavy (non-hydrogen) atoms. The molecule has 0 aromatic heterocycles. The Morgan fingerprint density at radius 1 is 0.875 bits per heavy atom. The Labute approximate surface area is 103 Å². The third-order valence-corrected chi connectivity index (χ3v) is 3.34. The van der Waals surface area contributed by atoms with E-state index in [9.17, 15) is 0 Å². The normalized spacial score (nSPS) is 14.4. The van der Waals surface area contributed by atoms with Gasteiger partial charge in [-0.25, -0.2) is 0 Å². The van der Waals surface area contributed by atoms with Gasteiger partial charge in [0.05, 0.1) is 0 Å². The SMILES string of the molecule is CCCNC(C(CCC)CCC)C(C)(C)C. The fraction of sp³-hybridized carbons (Fsp3) is 1.00. The maximum atomic E-state index is 3.78. The highest BCUT2D eigenvalue weighted by molar-refractivity contribution is 4.86. The van der Waals surface area contributed by atoms with Crippen molar-refractivity contribution in [3.8, 4) is 0 Å². The number of hydrogen-bond acceptors (Lipinski definition) is 1. The van der Waals surface area contributed by atoms with E-state index in [1.807, 2.05) is 0 Å². The van der Waals surface area contributed by atoms with Crippen molar-refractivity contribution in [3.63, 3.8) is 0 Å². The van der Waals surface area contributed by atoms with Crippen LogP contribution in [0.4, 0.5) is 0 Å². The first-order valence-corrected chi connectivity index (χ1v) is 7.20. The summed E-state index contributed by atoms with van der Waals surface area (Å²) in [5.74, 6) is 0.849. The third-order valence-electron chi connectivity index (χ3n) is 3.34. The summed E-state index contributed by atoms with van der Waals surface area (Å²) in [4.78, 5) is 0. The van der Waals surface area contributed by atoms with E-state index in [1.54, 1.807) is 0 Å². The van der Waals surface area contributed by atoms with Crippen LogP contribution in [0.25, 0.3) is 0 Å². The van der Waals surface area contributed by atoms with E-state index in [1.165, 1.54) is 32.1 Å². The molecule has 0 saturated heterocycles. The molecule has 0 spiro atoms. The summed E-state index contributed by atoms with van der Waals surface area (Å²) < 4.78 is 0. The summed E-state index contributed by atoms with van der Waals surface area (Å²) in [6.07, 6.45) is 6.59. The average Bonchev–Trinajstić information content (AvgIpc) is 2.17. The van der Waals surface area contributed by atoms with Crippen molar-refractivity contribution in [1.29, 1.82) is 0 Å². The molecule has 0 heterocycles. The van der Waals surface area contributed by atoms with Gasteiger partial charge in [-0.05, 0) is 37.1 Å². The van der Waals surface area contributed by atoms with Gasteiger partial charge < -0.3 is 5.32 Å². The summed E-state index contributed by atoms with van der Waals surface area (Å²) >= 11 is 0. The molecule has 0 aromatic rings. The van der Waals surface area contributed by atoms with Crippen molar-refractivity contribution in [2.45, 2.75) is 79.7 Å². The lowest BCUT2D eigenvalue weighted by atomic mass is 9.75. The topological polar surface area (TPSA) is 12.0 Å². The minimum absolute atomic E-state index is 0.379. The Bertz CT molecular complexity index is 151. The van der Waals surface area contributed by atoms with Gasteiger partial charge in [-0.15, -0.1) is 0 Å². The lowest BCUT2D eigenvalue weighted by molar-refractivity contribution is 0.174. The van der Waals surface area contributed by atoms with Gasteiger partial charge in [-0.3, -0.25) is 0 Å². The van der Waals surface area contributed by atoms with Crippen LogP contribution in [0.5, 0.6) is 0 Å². The maximum Gasteiger partial charge on any atom is 0.0144 e. The second-order valence-electron chi connectivity index (χ2n) is 6.14. The molecule has 1 unspecified atom stereocenters. The van der Waals surface area contributed by atoms with Crippen LogP contribution in [0.3, 0.4) is 0 Å². The molecule has 0 aromatic carbocycles. The molecule has 0 aliphatic carbocycles. The zero-order valence-corrected chi connectivity index (χ0v) is 12.4.